The van der Waals surface area contributed by atoms with Gasteiger partial charge in [0, 0.05) is 17.9 Å². The topological polar surface area (TPSA) is 57.9 Å². The van der Waals surface area contributed by atoms with Crippen LogP contribution in [0.15, 0.2) is 52.9 Å². The van der Waals surface area contributed by atoms with Crippen LogP contribution in [0.2, 0.25) is 0 Å². The molecule has 1 heterocycles. The first-order valence-corrected chi connectivity index (χ1v) is 13.8. The minimum atomic E-state index is -0.725. The predicted molar refractivity (Wildman–Crippen MR) is 159 cm³/mol. The van der Waals surface area contributed by atoms with Crippen molar-refractivity contribution in [2.45, 2.75) is 100 Å². The molecule has 2 aromatic carbocycles. The first kappa shape index (κ1) is 30.6. The molecule has 0 aliphatic rings. The number of para-hydroxylation sites is 1. The van der Waals surface area contributed by atoms with Crippen LogP contribution in [0.25, 0.3) is 22.3 Å². The number of hydrogen-bond donors (Lipinski definition) is 0. The summed E-state index contributed by atoms with van der Waals surface area (Å²) in [4.78, 5) is 13.7. The number of benzene rings is 2. The lowest BCUT2D eigenvalue weighted by Gasteiger charge is -2.45. The van der Waals surface area contributed by atoms with Gasteiger partial charge in [-0.3, -0.25) is 4.79 Å². The summed E-state index contributed by atoms with van der Waals surface area (Å²) in [6.45, 7) is 22.9. The van der Waals surface area contributed by atoms with Gasteiger partial charge in [0.15, 0.2) is 0 Å². The maximum absolute atomic E-state index is 13.7. The van der Waals surface area contributed by atoms with Gasteiger partial charge in [-0.2, -0.15) is 0 Å². The number of carbonyl (C=O) groups excluding carboxylic acids is 1. The average molecular weight is 537 g/mol. The maximum Gasteiger partial charge on any atom is 0.312 e. The molecule has 0 saturated heterocycles. The summed E-state index contributed by atoms with van der Waals surface area (Å²) in [7, 11) is 1.66. The van der Waals surface area contributed by atoms with Crippen molar-refractivity contribution < 1.29 is 23.4 Å². The van der Waals surface area contributed by atoms with E-state index in [0.717, 1.165) is 34.5 Å². The zero-order valence-electron chi connectivity index (χ0n) is 26.1. The predicted octanol–water partition coefficient (Wildman–Crippen LogP) is 9.47. The lowest BCUT2D eigenvalue weighted by Crippen LogP contribution is -2.48. The lowest BCUT2D eigenvalue weighted by atomic mass is 9.61. The van der Waals surface area contributed by atoms with Crippen molar-refractivity contribution in [3.05, 3.63) is 48.5 Å². The molecule has 0 radical (unpaired) electrons. The van der Waals surface area contributed by atoms with Crippen molar-refractivity contribution in [2.24, 2.45) is 16.2 Å². The van der Waals surface area contributed by atoms with Gasteiger partial charge in [0.05, 0.1) is 18.1 Å². The van der Waals surface area contributed by atoms with Crippen LogP contribution in [0, 0.1) is 16.2 Å². The second kappa shape index (κ2) is 10.6. The van der Waals surface area contributed by atoms with E-state index >= 15 is 0 Å². The van der Waals surface area contributed by atoms with E-state index in [1.54, 1.807) is 7.11 Å². The minimum Gasteiger partial charge on any atom is -0.496 e. The summed E-state index contributed by atoms with van der Waals surface area (Å²) in [5.41, 5.74) is -0.579. The summed E-state index contributed by atoms with van der Waals surface area (Å²) < 4.78 is 24.4. The van der Waals surface area contributed by atoms with Crippen LogP contribution >= 0.6 is 0 Å². The Morgan fingerprint density at radius 1 is 0.795 bits per heavy atom. The number of hydrogen-bond acceptors (Lipinski definition) is 5. The zero-order valence-corrected chi connectivity index (χ0v) is 26.1. The van der Waals surface area contributed by atoms with Gasteiger partial charge >= 0.3 is 5.97 Å². The summed E-state index contributed by atoms with van der Waals surface area (Å²) >= 11 is 0. The van der Waals surface area contributed by atoms with Gasteiger partial charge in [0.2, 0.25) is 0 Å². The van der Waals surface area contributed by atoms with Crippen molar-refractivity contribution in [3.8, 4) is 22.8 Å². The van der Waals surface area contributed by atoms with Gasteiger partial charge in [-0.05, 0) is 82.2 Å². The van der Waals surface area contributed by atoms with Crippen LogP contribution < -0.4 is 9.47 Å². The molecule has 0 bridgehead atoms. The second-order valence-corrected chi connectivity index (χ2v) is 14.5. The van der Waals surface area contributed by atoms with E-state index < -0.39 is 16.6 Å². The monoisotopic (exact) mass is 536 g/mol. The third-order valence-electron chi connectivity index (χ3n) is 7.47. The minimum absolute atomic E-state index is 0.0103. The van der Waals surface area contributed by atoms with Gasteiger partial charge in [-0.25, -0.2) is 0 Å². The van der Waals surface area contributed by atoms with Gasteiger partial charge in [-0.15, -0.1) is 0 Å². The van der Waals surface area contributed by atoms with Crippen LogP contribution in [-0.4, -0.2) is 24.3 Å². The van der Waals surface area contributed by atoms with Crippen LogP contribution in [0.3, 0.4) is 0 Å². The first-order chi connectivity index (χ1) is 17.8. The smallest absolute Gasteiger partial charge is 0.312 e. The Bertz CT molecular complexity index is 1300. The Morgan fingerprint density at radius 2 is 1.44 bits per heavy atom. The van der Waals surface area contributed by atoms with E-state index in [0.29, 0.717) is 12.2 Å². The fourth-order valence-electron chi connectivity index (χ4n) is 5.54. The summed E-state index contributed by atoms with van der Waals surface area (Å²) in [6.07, 6.45) is 1.25. The standard InChI is InChI=1S/C34H48O5/c1-30(2,3)21-34(11,31(4,5)6)29(35)39-33(9,10)22-32(7,8)38-24-18-17-23-19-28(37-27(23)20-24)25-15-13-14-16-26(25)36-12/h13-20H,21-22H2,1-12H3. The molecule has 39 heavy (non-hydrogen) atoms. The molecule has 214 valence electrons. The Hall–Kier alpha value is -2.95. The molecule has 3 aromatic rings. The van der Waals surface area contributed by atoms with Crippen molar-refractivity contribution in [1.82, 2.24) is 0 Å². The van der Waals surface area contributed by atoms with E-state index in [1.807, 2.05) is 83.1 Å². The molecule has 0 amide bonds. The normalized spacial score (nSPS) is 14.7. The number of ether oxygens (including phenoxy) is 3. The SMILES string of the molecule is COc1ccccc1-c1cc2ccc(OC(C)(C)CC(C)(C)OC(=O)C(C)(CC(C)(C)C)C(C)(C)C)cc2o1. The van der Waals surface area contributed by atoms with Crippen molar-refractivity contribution in [1.29, 1.82) is 0 Å². The average Bonchev–Trinajstić information content (AvgIpc) is 3.18. The van der Waals surface area contributed by atoms with Crippen LogP contribution in [0.1, 0.15) is 89.0 Å². The van der Waals surface area contributed by atoms with Crippen LogP contribution in [0.5, 0.6) is 11.5 Å². The van der Waals surface area contributed by atoms with Gasteiger partial charge in [0.1, 0.15) is 34.0 Å². The van der Waals surface area contributed by atoms with E-state index in [4.69, 9.17) is 18.6 Å². The number of rotatable bonds is 9. The molecule has 3 rings (SSSR count). The summed E-state index contributed by atoms with van der Waals surface area (Å²) in [5.74, 6) is 2.04. The van der Waals surface area contributed by atoms with E-state index in [1.165, 1.54) is 0 Å². The highest BCUT2D eigenvalue weighted by atomic mass is 16.6. The molecule has 1 atom stereocenters. The molecule has 1 aromatic heterocycles. The Labute approximate surface area is 235 Å². The Morgan fingerprint density at radius 3 is 2.03 bits per heavy atom. The molecule has 0 aliphatic carbocycles. The molecule has 0 spiro atoms. The number of esters is 1. The number of methoxy groups -OCH3 is 1. The van der Waals surface area contributed by atoms with Crippen LogP contribution in [0.4, 0.5) is 0 Å². The molecule has 0 saturated carbocycles. The van der Waals surface area contributed by atoms with Crippen molar-refractivity contribution in [2.75, 3.05) is 7.11 Å². The maximum atomic E-state index is 13.7. The lowest BCUT2D eigenvalue weighted by molar-refractivity contribution is -0.181. The highest BCUT2D eigenvalue weighted by Gasteiger charge is 2.49. The molecule has 5 heteroatoms. The van der Waals surface area contributed by atoms with Crippen molar-refractivity contribution >= 4 is 16.9 Å². The second-order valence-electron chi connectivity index (χ2n) is 14.5. The Kier molecular flexibility index (Phi) is 8.28. The quantitative estimate of drug-likeness (QED) is 0.255. The highest BCUT2D eigenvalue weighted by Crippen LogP contribution is 2.48. The third-order valence-corrected chi connectivity index (χ3v) is 7.47. The molecule has 0 fully saturated rings. The largest absolute Gasteiger partial charge is 0.496 e. The zero-order chi connectivity index (χ0) is 29.4. The highest BCUT2D eigenvalue weighted by molar-refractivity contribution is 5.85. The molecular formula is C34H48O5. The van der Waals surface area contributed by atoms with Gasteiger partial charge in [0.25, 0.3) is 0 Å². The molecule has 1 unspecified atom stereocenters. The van der Waals surface area contributed by atoms with E-state index in [-0.39, 0.29) is 16.8 Å². The number of furan rings is 1. The molecule has 0 aliphatic heterocycles. The number of carbonyl (C=O) groups is 1. The molecule has 0 N–H and O–H groups in total. The number of fused-ring (bicyclic) bond motifs is 1. The van der Waals surface area contributed by atoms with Crippen molar-refractivity contribution in [3.63, 3.8) is 0 Å². The fourth-order valence-corrected chi connectivity index (χ4v) is 5.54. The fraction of sp³-hybridized carbons (Fsp3) is 0.559. The summed E-state index contributed by atoms with van der Waals surface area (Å²) in [5, 5.41) is 0.982. The van der Waals surface area contributed by atoms with Gasteiger partial charge < -0.3 is 18.6 Å². The van der Waals surface area contributed by atoms with E-state index in [9.17, 15) is 4.79 Å². The van der Waals surface area contributed by atoms with E-state index in [2.05, 4.69) is 41.5 Å². The summed E-state index contributed by atoms with van der Waals surface area (Å²) in [6, 6.07) is 15.7. The van der Waals surface area contributed by atoms with Crippen LogP contribution in [-0.2, 0) is 9.53 Å². The first-order valence-electron chi connectivity index (χ1n) is 13.8. The molecular weight excluding hydrogens is 488 g/mol. The van der Waals surface area contributed by atoms with Gasteiger partial charge in [-0.1, -0.05) is 53.7 Å². The Balaban J connectivity index is 1.78. The third kappa shape index (κ3) is 7.38. The molecule has 5 nitrogen and oxygen atoms in total.